The minimum absolute atomic E-state index is 0.0214. The van der Waals surface area contributed by atoms with E-state index in [0.29, 0.717) is 36.6 Å². The molecule has 5 rings (SSSR count). The number of fused-ring (bicyclic) bond motifs is 5. The number of hydrogen-bond acceptors (Lipinski definition) is 4. The molecule has 0 spiro atoms. The molecule has 0 aliphatic heterocycles. The smallest absolute Gasteiger partial charge is 0.308 e. The number of carbonyl (C=O) groups is 3. The molecule has 0 heterocycles. The molecule has 0 N–H and O–H groups in total. The van der Waals surface area contributed by atoms with Crippen molar-refractivity contribution in [3.05, 3.63) is 11.6 Å². The maximum atomic E-state index is 12.7. The van der Waals surface area contributed by atoms with Crippen molar-refractivity contribution in [3.63, 3.8) is 0 Å². The summed E-state index contributed by atoms with van der Waals surface area (Å²) in [7, 11) is 0. The van der Waals surface area contributed by atoms with E-state index in [4.69, 9.17) is 4.74 Å². The van der Waals surface area contributed by atoms with Crippen molar-refractivity contribution in [2.24, 2.45) is 34.5 Å². The third-order valence-electron chi connectivity index (χ3n) is 9.56. The van der Waals surface area contributed by atoms with Crippen LogP contribution in [0.2, 0.25) is 0 Å². The zero-order valence-corrected chi connectivity index (χ0v) is 17.7. The Balaban J connectivity index is 1.43. The van der Waals surface area contributed by atoms with Crippen LogP contribution in [0.3, 0.4) is 0 Å². The lowest BCUT2D eigenvalue weighted by atomic mass is 9.47. The fourth-order valence-electron chi connectivity index (χ4n) is 7.88. The normalized spacial score (nSPS) is 42.1. The quantitative estimate of drug-likeness (QED) is 0.641. The summed E-state index contributed by atoms with van der Waals surface area (Å²) in [6.07, 6.45) is 13.2. The van der Waals surface area contributed by atoms with Crippen LogP contribution in [-0.4, -0.2) is 24.1 Å². The predicted octanol–water partition coefficient (Wildman–Crippen LogP) is 4.80. The van der Waals surface area contributed by atoms with Crippen LogP contribution >= 0.6 is 0 Å². The molecule has 4 nitrogen and oxygen atoms in total. The largest absolute Gasteiger partial charge is 0.465 e. The first-order valence-electron chi connectivity index (χ1n) is 11.9. The molecule has 5 atom stereocenters. The van der Waals surface area contributed by atoms with Crippen LogP contribution in [0.5, 0.6) is 0 Å². The van der Waals surface area contributed by atoms with Crippen LogP contribution in [0.4, 0.5) is 0 Å². The Morgan fingerprint density at radius 3 is 2.59 bits per heavy atom. The van der Waals surface area contributed by atoms with E-state index in [2.05, 4.69) is 6.92 Å². The van der Waals surface area contributed by atoms with Gasteiger partial charge in [-0.25, -0.2) is 0 Å². The molecule has 4 saturated carbocycles. The van der Waals surface area contributed by atoms with Gasteiger partial charge in [0.25, 0.3) is 0 Å². The maximum absolute atomic E-state index is 12.7. The monoisotopic (exact) mass is 398 g/mol. The van der Waals surface area contributed by atoms with E-state index in [0.717, 1.165) is 70.6 Å². The zero-order valence-electron chi connectivity index (χ0n) is 17.7. The second kappa shape index (κ2) is 7.06. The minimum Gasteiger partial charge on any atom is -0.465 e. The van der Waals surface area contributed by atoms with Gasteiger partial charge in [0.1, 0.15) is 12.4 Å². The molecular weight excluding hydrogens is 364 g/mol. The van der Waals surface area contributed by atoms with Gasteiger partial charge < -0.3 is 4.74 Å². The minimum atomic E-state index is -0.169. The Labute approximate surface area is 173 Å². The molecule has 4 fully saturated rings. The number of Topliss-reactive ketones (excluding diaryl/α,β-unsaturated/α-hetero) is 1. The fourth-order valence-corrected chi connectivity index (χ4v) is 7.88. The van der Waals surface area contributed by atoms with Crippen molar-refractivity contribution in [2.45, 2.75) is 84.0 Å². The summed E-state index contributed by atoms with van der Waals surface area (Å²) in [5, 5.41) is 0. The van der Waals surface area contributed by atoms with Gasteiger partial charge >= 0.3 is 5.97 Å². The number of ketones is 2. The molecule has 0 aromatic carbocycles. The number of ether oxygens (including phenoxy) is 1. The number of rotatable bonds is 3. The lowest BCUT2D eigenvalue weighted by molar-refractivity contribution is -0.156. The van der Waals surface area contributed by atoms with Gasteiger partial charge in [0, 0.05) is 23.7 Å². The summed E-state index contributed by atoms with van der Waals surface area (Å²) in [5.41, 5.74) is 0.925. The summed E-state index contributed by atoms with van der Waals surface area (Å²) in [5.74, 6) is 2.18. The molecule has 5 aliphatic rings. The molecule has 0 saturated heterocycles. The summed E-state index contributed by atoms with van der Waals surface area (Å²) < 4.78 is 6.01. The second-order valence-corrected chi connectivity index (χ2v) is 10.7. The van der Waals surface area contributed by atoms with Crippen molar-refractivity contribution >= 4 is 17.5 Å². The van der Waals surface area contributed by atoms with Crippen LogP contribution in [0.15, 0.2) is 11.6 Å². The topological polar surface area (TPSA) is 60.4 Å². The van der Waals surface area contributed by atoms with Crippen LogP contribution in [-0.2, 0) is 19.1 Å². The number of hydrogen-bond donors (Lipinski definition) is 0. The third-order valence-corrected chi connectivity index (χ3v) is 9.56. The van der Waals surface area contributed by atoms with Crippen molar-refractivity contribution in [2.75, 3.05) is 6.61 Å². The molecule has 0 aromatic heterocycles. The number of carbonyl (C=O) groups excluding carboxylic acids is 3. The maximum Gasteiger partial charge on any atom is 0.308 e. The highest BCUT2D eigenvalue weighted by atomic mass is 16.5. The van der Waals surface area contributed by atoms with Gasteiger partial charge in [-0.05, 0) is 75.2 Å². The molecule has 5 aliphatic carbocycles. The Kier molecular flexibility index (Phi) is 4.75. The number of esters is 1. The second-order valence-electron chi connectivity index (χ2n) is 10.7. The van der Waals surface area contributed by atoms with Gasteiger partial charge in [0.05, 0.1) is 5.92 Å². The molecule has 4 heteroatoms. The highest BCUT2D eigenvalue weighted by molar-refractivity contribution is 5.92. The fraction of sp³-hybridized carbons (Fsp3) is 0.800. The predicted molar refractivity (Wildman–Crippen MR) is 109 cm³/mol. The average molecular weight is 399 g/mol. The molecule has 0 amide bonds. The SMILES string of the molecule is C[C@]12CC[C@H]3[C@@H](CCC4=CC(=O)CC[C@@]43COC(=O)C3CCCC3)[C@@H]1CCC2=O. The Hall–Kier alpha value is -1.45. The summed E-state index contributed by atoms with van der Waals surface area (Å²) in [6.45, 7) is 2.64. The van der Waals surface area contributed by atoms with Crippen molar-refractivity contribution < 1.29 is 19.1 Å². The molecule has 0 aromatic rings. The van der Waals surface area contributed by atoms with Gasteiger partial charge in [-0.1, -0.05) is 25.3 Å². The van der Waals surface area contributed by atoms with Gasteiger partial charge in [0.15, 0.2) is 5.78 Å². The van der Waals surface area contributed by atoms with Gasteiger partial charge in [-0.2, -0.15) is 0 Å². The van der Waals surface area contributed by atoms with Crippen LogP contribution < -0.4 is 0 Å². The summed E-state index contributed by atoms with van der Waals surface area (Å²) in [6, 6.07) is 0. The van der Waals surface area contributed by atoms with Crippen LogP contribution in [0.1, 0.15) is 84.0 Å². The Bertz CT molecular complexity index is 761. The molecule has 158 valence electrons. The van der Waals surface area contributed by atoms with E-state index in [1.807, 2.05) is 6.08 Å². The van der Waals surface area contributed by atoms with Gasteiger partial charge in [-0.3, -0.25) is 14.4 Å². The van der Waals surface area contributed by atoms with Gasteiger partial charge in [0.2, 0.25) is 0 Å². The molecule has 29 heavy (non-hydrogen) atoms. The van der Waals surface area contributed by atoms with Gasteiger partial charge in [-0.15, -0.1) is 0 Å². The molecule has 0 bridgehead atoms. The summed E-state index contributed by atoms with van der Waals surface area (Å²) in [4.78, 5) is 37.6. The lowest BCUT2D eigenvalue weighted by Gasteiger charge is -2.57. The van der Waals surface area contributed by atoms with Crippen molar-refractivity contribution in [3.8, 4) is 0 Å². The van der Waals surface area contributed by atoms with Crippen molar-refractivity contribution in [1.82, 2.24) is 0 Å². The first kappa shape index (κ1) is 19.5. The summed E-state index contributed by atoms with van der Waals surface area (Å²) >= 11 is 0. The Morgan fingerprint density at radius 1 is 1.00 bits per heavy atom. The van der Waals surface area contributed by atoms with Crippen molar-refractivity contribution in [1.29, 1.82) is 0 Å². The molecule has 0 unspecified atom stereocenters. The highest BCUT2D eigenvalue weighted by Gasteiger charge is 2.60. The van der Waals surface area contributed by atoms with E-state index < -0.39 is 0 Å². The molecular formula is C25H34O4. The van der Waals surface area contributed by atoms with Crippen LogP contribution in [0.25, 0.3) is 0 Å². The Morgan fingerprint density at radius 2 is 1.79 bits per heavy atom. The third kappa shape index (κ3) is 2.96. The van der Waals surface area contributed by atoms with E-state index >= 15 is 0 Å². The van der Waals surface area contributed by atoms with Crippen LogP contribution in [0, 0.1) is 34.5 Å². The van der Waals surface area contributed by atoms with E-state index in [9.17, 15) is 14.4 Å². The zero-order chi connectivity index (χ0) is 20.2. The first-order chi connectivity index (χ1) is 13.9. The van der Waals surface area contributed by atoms with E-state index in [-0.39, 0.29) is 28.5 Å². The van der Waals surface area contributed by atoms with E-state index in [1.165, 1.54) is 5.57 Å². The van der Waals surface area contributed by atoms with E-state index in [1.54, 1.807) is 0 Å². The standard InChI is InChI=1S/C25H34O4/c1-24-12-11-21-19(20(24)8-9-22(24)27)7-6-17-14-18(26)10-13-25(17,21)15-29-23(28)16-4-2-3-5-16/h14,16,19-21H,2-13,15H2,1H3/t19-,20-,21-,24-,25+/m0/s1. The highest BCUT2D eigenvalue weighted by Crippen LogP contribution is 2.64. The lowest BCUT2D eigenvalue weighted by Crippen LogP contribution is -2.53. The molecule has 0 radical (unpaired) electrons. The average Bonchev–Trinajstić information content (AvgIpc) is 3.35. The first-order valence-corrected chi connectivity index (χ1v) is 11.9.